The summed E-state index contributed by atoms with van der Waals surface area (Å²) in [5.74, 6) is 0.547. The van der Waals surface area contributed by atoms with Gasteiger partial charge in [0.1, 0.15) is 15.7 Å². The first-order valence-electron chi connectivity index (χ1n) is 20.0. The van der Waals surface area contributed by atoms with Crippen LogP contribution in [0.4, 0.5) is 0 Å². The molecule has 2 aromatic heterocycles. The Bertz CT molecular complexity index is 2110. The van der Waals surface area contributed by atoms with Crippen LogP contribution in [0.15, 0.2) is 72.7 Å². The number of benzene rings is 3. The summed E-state index contributed by atoms with van der Waals surface area (Å²) in [7, 11) is -3.65. The molecule has 0 unspecified atom stereocenters. The predicted octanol–water partition coefficient (Wildman–Crippen LogP) is 11.4. The number of aryl methyl sites for hydroxylation is 1. The Kier molecular flexibility index (Phi) is 15.4. The molecule has 0 saturated carbocycles. The van der Waals surface area contributed by atoms with Crippen molar-refractivity contribution in [3.05, 3.63) is 89.9 Å². The molecule has 0 aliphatic heterocycles. The number of aliphatic hydroxyl groups excluding tert-OH is 1. The van der Waals surface area contributed by atoms with E-state index in [2.05, 4.69) is 126 Å². The van der Waals surface area contributed by atoms with E-state index < -0.39 is 16.1 Å². The minimum atomic E-state index is -2.00. The monoisotopic (exact) mass is 957 g/mol. The second-order valence-electron chi connectivity index (χ2n) is 17.4. The molecule has 0 bridgehead atoms. The van der Waals surface area contributed by atoms with Crippen molar-refractivity contribution in [3.63, 3.8) is 0 Å². The number of aliphatic hydroxyl groups is 1. The molecule has 54 heavy (non-hydrogen) atoms. The molecular formula is C46H63IrN2O2SSi2-. The van der Waals surface area contributed by atoms with Crippen molar-refractivity contribution in [2.45, 2.75) is 120 Å². The average molecular weight is 957 g/mol. The number of thiophene rings is 1. The summed E-state index contributed by atoms with van der Waals surface area (Å²) in [6.07, 6.45) is 6.06. The van der Waals surface area contributed by atoms with Gasteiger partial charge in [-0.15, -0.1) is 40.1 Å². The van der Waals surface area contributed by atoms with Gasteiger partial charge in [-0.2, -0.15) is 0 Å². The van der Waals surface area contributed by atoms with Gasteiger partial charge in [0.05, 0.1) is 19.3 Å². The van der Waals surface area contributed by atoms with Gasteiger partial charge in [0.2, 0.25) is 0 Å². The molecule has 0 aliphatic carbocycles. The van der Waals surface area contributed by atoms with E-state index in [1.807, 2.05) is 39.0 Å². The zero-order valence-corrected chi connectivity index (χ0v) is 40.2. The molecule has 1 radical (unpaired) electrons. The number of nitrogens with zero attached hydrogens (tertiary/aromatic N) is 2. The zero-order chi connectivity index (χ0) is 40.2. The normalized spacial score (nSPS) is 12.9. The van der Waals surface area contributed by atoms with Gasteiger partial charge in [-0.3, -0.25) is 9.78 Å². The molecular weight excluding hydrogens is 893 g/mol. The van der Waals surface area contributed by atoms with Crippen molar-refractivity contribution >= 4 is 69.1 Å². The van der Waals surface area contributed by atoms with Crippen LogP contribution in [-0.2, 0) is 31.3 Å². The molecule has 0 atom stereocenters. The minimum absolute atomic E-state index is 0. The maximum atomic E-state index is 11.7. The standard InChI is InChI=1S/C33H39N2SSi2.C13H24O2.Ir/c1-22-29-31(36-32(22)38(8,9)26-16-14-23(15-17-26)20-33(2,3)4)30(35-21-34-29)25-18-24-12-10-11-13-27(24)28(19-25)37(5,6)7;1-5-10(6-2)12(14)9-13(15)11(7-3)8-4;/h10-17,19,21H,20H2,1-9H3;9-11,14H,5-8H2,1-4H3;/q-1;;/b;12-9-;/i21D;;. The van der Waals surface area contributed by atoms with Crippen LogP contribution in [0.2, 0.25) is 32.7 Å². The van der Waals surface area contributed by atoms with Crippen molar-refractivity contribution in [3.8, 4) is 11.3 Å². The largest absolute Gasteiger partial charge is 0.512 e. The summed E-state index contributed by atoms with van der Waals surface area (Å²) in [4.78, 5) is 21.1. The van der Waals surface area contributed by atoms with E-state index in [4.69, 9.17) is 6.35 Å². The van der Waals surface area contributed by atoms with E-state index in [1.54, 1.807) is 0 Å². The fourth-order valence-corrected chi connectivity index (χ4v) is 13.9. The summed E-state index contributed by atoms with van der Waals surface area (Å²) >= 11 is 1.83. The Morgan fingerprint density at radius 3 is 2.07 bits per heavy atom. The Hall–Kier alpha value is -2.75. The molecule has 0 saturated heterocycles. The molecule has 293 valence electrons. The maximum absolute atomic E-state index is 11.7. The topological polar surface area (TPSA) is 63.1 Å². The Balaban J connectivity index is 0.000000433. The van der Waals surface area contributed by atoms with Gasteiger partial charge in [-0.1, -0.05) is 140 Å². The van der Waals surface area contributed by atoms with Crippen LogP contribution in [0, 0.1) is 30.2 Å². The number of carbonyl (C=O) groups is 1. The first kappa shape index (κ1) is 44.0. The summed E-state index contributed by atoms with van der Waals surface area (Å²) in [5.41, 5.74) is 5.61. The number of ketones is 1. The van der Waals surface area contributed by atoms with E-state index in [-0.39, 0.29) is 55.2 Å². The molecule has 2 heterocycles. The predicted molar refractivity (Wildman–Crippen MR) is 237 cm³/mol. The Morgan fingerprint density at radius 2 is 1.52 bits per heavy atom. The number of allylic oxidation sites excluding steroid dienone is 2. The van der Waals surface area contributed by atoms with Gasteiger partial charge < -0.3 is 5.11 Å². The number of hydrogen-bond acceptors (Lipinski definition) is 5. The van der Waals surface area contributed by atoms with Crippen LogP contribution in [0.1, 0.15) is 86.6 Å². The second kappa shape index (κ2) is 18.9. The third kappa shape index (κ3) is 10.8. The van der Waals surface area contributed by atoms with E-state index in [0.29, 0.717) is 0 Å². The summed E-state index contributed by atoms with van der Waals surface area (Å²) in [6.45, 7) is 29.2. The molecule has 3 aromatic carbocycles. The van der Waals surface area contributed by atoms with Crippen molar-refractivity contribution in [1.29, 1.82) is 0 Å². The summed E-state index contributed by atoms with van der Waals surface area (Å²) < 4.78 is 11.0. The number of fused-ring (bicyclic) bond motifs is 2. The molecule has 5 aromatic rings. The first-order chi connectivity index (χ1) is 25.2. The average Bonchev–Trinajstić information content (AvgIpc) is 3.44. The zero-order valence-electron chi connectivity index (χ0n) is 36.0. The number of rotatable bonds is 12. The van der Waals surface area contributed by atoms with E-state index in [9.17, 15) is 9.90 Å². The third-order valence-corrected chi connectivity index (χ3v) is 18.8. The van der Waals surface area contributed by atoms with Crippen LogP contribution in [0.5, 0.6) is 0 Å². The number of aromatic nitrogens is 2. The van der Waals surface area contributed by atoms with Crippen molar-refractivity contribution in [2.24, 2.45) is 17.3 Å². The van der Waals surface area contributed by atoms with Gasteiger partial charge >= 0.3 is 0 Å². The Morgan fingerprint density at radius 1 is 0.926 bits per heavy atom. The van der Waals surface area contributed by atoms with Gasteiger partial charge in [0.15, 0.2) is 5.78 Å². The first-order valence-corrected chi connectivity index (χ1v) is 26.8. The molecule has 0 amide bonds. The SMILES string of the molecule is CCC(CC)C(=O)/C=C(\O)C(CC)CC.[2H]c1nc(-c2[c-]c3ccccc3c([Si](C)(C)C)c2)c2sc([Si](C)(C)c3ccc(CC(C)(C)C)cc3)c(C)c2n1.[Ir]. The van der Waals surface area contributed by atoms with E-state index in [0.717, 1.165) is 59.0 Å². The van der Waals surface area contributed by atoms with Crippen LogP contribution >= 0.6 is 11.3 Å². The van der Waals surface area contributed by atoms with Crippen LogP contribution < -0.4 is 14.9 Å². The third-order valence-electron chi connectivity index (χ3n) is 10.6. The Labute approximate surface area is 347 Å². The van der Waals surface area contributed by atoms with Crippen molar-refractivity contribution in [1.82, 2.24) is 9.97 Å². The molecule has 4 nitrogen and oxygen atoms in total. The van der Waals surface area contributed by atoms with Gasteiger partial charge in [-0.25, -0.2) is 4.98 Å². The molecule has 0 spiro atoms. The van der Waals surface area contributed by atoms with E-state index >= 15 is 0 Å². The minimum Gasteiger partial charge on any atom is -0.512 e. The fraction of sp³-hybridized carbons (Fsp3) is 0.457. The van der Waals surface area contributed by atoms with Crippen LogP contribution in [-0.4, -0.2) is 37.0 Å². The number of hydrogen-bond donors (Lipinski definition) is 1. The van der Waals surface area contributed by atoms with Gasteiger partial charge in [-0.05, 0) is 55.6 Å². The maximum Gasteiger partial charge on any atom is 0.162 e. The quantitative estimate of drug-likeness (QED) is 0.0586. The molecule has 0 aliphatic rings. The van der Waals surface area contributed by atoms with Crippen LogP contribution in [0.3, 0.4) is 0 Å². The van der Waals surface area contributed by atoms with Crippen molar-refractivity contribution < 1.29 is 31.4 Å². The second-order valence-corrected chi connectivity index (χ2v) is 28.1. The van der Waals surface area contributed by atoms with Gasteiger partial charge in [0.25, 0.3) is 0 Å². The molecule has 1 N–H and O–H groups in total. The summed E-state index contributed by atoms with van der Waals surface area (Å²) in [6, 6.07) is 23.8. The number of carbonyl (C=O) groups excluding carboxylic acids is 1. The fourth-order valence-electron chi connectivity index (χ4n) is 7.30. The molecule has 0 fully saturated rings. The van der Waals surface area contributed by atoms with Crippen LogP contribution in [0.25, 0.3) is 32.2 Å². The van der Waals surface area contributed by atoms with Crippen molar-refractivity contribution in [2.75, 3.05) is 0 Å². The summed E-state index contributed by atoms with van der Waals surface area (Å²) in [5, 5.41) is 15.0. The molecule has 8 heteroatoms. The van der Waals surface area contributed by atoms with Gasteiger partial charge in [0, 0.05) is 52.9 Å². The van der Waals surface area contributed by atoms with E-state index in [1.165, 1.54) is 37.5 Å². The molecule has 5 rings (SSSR count). The smallest absolute Gasteiger partial charge is 0.162 e.